The number of benzene rings is 1. The summed E-state index contributed by atoms with van der Waals surface area (Å²) in [5.74, 6) is 0.204. The Kier molecular flexibility index (Phi) is 3.74. The number of hydrogen-bond donors (Lipinski definition) is 0. The van der Waals surface area contributed by atoms with Crippen LogP contribution in [-0.2, 0) is 16.0 Å². The topological polar surface area (TPSA) is 61.8 Å². The van der Waals surface area contributed by atoms with Crippen LogP contribution in [0.25, 0.3) is 0 Å². The lowest BCUT2D eigenvalue weighted by atomic mass is 9.82. The number of methoxy groups -OCH3 is 3. The van der Waals surface area contributed by atoms with Crippen LogP contribution in [-0.4, -0.2) is 33.1 Å². The van der Waals surface area contributed by atoms with Crippen LogP contribution < -0.4 is 9.47 Å². The van der Waals surface area contributed by atoms with Crippen LogP contribution in [0.1, 0.15) is 22.3 Å². The highest BCUT2D eigenvalue weighted by molar-refractivity contribution is 6.03. The van der Waals surface area contributed by atoms with E-state index in [1.165, 1.54) is 14.2 Å². The van der Waals surface area contributed by atoms with E-state index in [9.17, 15) is 9.59 Å². The molecule has 0 aromatic heterocycles. The molecule has 5 nitrogen and oxygen atoms in total. The fourth-order valence-corrected chi connectivity index (χ4v) is 2.40. The zero-order valence-electron chi connectivity index (χ0n) is 11.2. The van der Waals surface area contributed by atoms with Gasteiger partial charge in [0.15, 0.2) is 5.78 Å². The highest BCUT2D eigenvalue weighted by Crippen LogP contribution is 2.36. The molecule has 102 valence electrons. The highest BCUT2D eigenvalue weighted by atomic mass is 16.5. The van der Waals surface area contributed by atoms with Crippen molar-refractivity contribution in [1.82, 2.24) is 0 Å². The van der Waals surface area contributed by atoms with E-state index in [1.54, 1.807) is 19.2 Å². The maximum absolute atomic E-state index is 12.2. The fraction of sp³-hybridized carbons (Fsp3) is 0.429. The van der Waals surface area contributed by atoms with Gasteiger partial charge in [-0.05, 0) is 18.1 Å². The Morgan fingerprint density at radius 2 is 1.89 bits per heavy atom. The van der Waals surface area contributed by atoms with Crippen molar-refractivity contribution < 1.29 is 23.8 Å². The number of rotatable bonds is 3. The largest absolute Gasteiger partial charge is 0.497 e. The van der Waals surface area contributed by atoms with Gasteiger partial charge in [-0.25, -0.2) is 0 Å². The van der Waals surface area contributed by atoms with E-state index in [1.807, 2.05) is 0 Å². The van der Waals surface area contributed by atoms with Crippen molar-refractivity contribution in [2.45, 2.75) is 12.8 Å². The van der Waals surface area contributed by atoms with Gasteiger partial charge in [-0.15, -0.1) is 0 Å². The van der Waals surface area contributed by atoms with E-state index in [2.05, 4.69) is 0 Å². The summed E-state index contributed by atoms with van der Waals surface area (Å²) in [6.07, 6.45) is 0.615. The monoisotopic (exact) mass is 264 g/mol. The number of hydrogen-bond acceptors (Lipinski definition) is 5. The summed E-state index contributed by atoms with van der Waals surface area (Å²) in [5.41, 5.74) is 1.31. The van der Waals surface area contributed by atoms with Crippen molar-refractivity contribution in [3.05, 3.63) is 23.3 Å². The van der Waals surface area contributed by atoms with Crippen LogP contribution in [0.4, 0.5) is 0 Å². The second-order valence-electron chi connectivity index (χ2n) is 4.42. The van der Waals surface area contributed by atoms with Crippen LogP contribution in [0.15, 0.2) is 12.1 Å². The number of esters is 1. The van der Waals surface area contributed by atoms with Crippen LogP contribution >= 0.6 is 0 Å². The Labute approximate surface area is 111 Å². The summed E-state index contributed by atoms with van der Waals surface area (Å²) in [6.45, 7) is 0. The maximum Gasteiger partial charge on any atom is 0.309 e. The Bertz CT molecular complexity index is 521. The lowest BCUT2D eigenvalue weighted by molar-refractivity contribution is -0.145. The van der Waals surface area contributed by atoms with Crippen LogP contribution in [0, 0.1) is 5.92 Å². The van der Waals surface area contributed by atoms with Gasteiger partial charge in [-0.2, -0.15) is 0 Å². The molecule has 0 saturated heterocycles. The second-order valence-corrected chi connectivity index (χ2v) is 4.42. The standard InChI is InChI=1S/C14H16O5/c1-17-10-5-8-4-9(14(16)19-3)6-11(15)13(8)12(7-10)18-2/h5,7,9H,4,6H2,1-3H3/t9-/m1/s1. The minimum atomic E-state index is -0.429. The quantitative estimate of drug-likeness (QED) is 0.776. The van der Waals surface area contributed by atoms with Crippen molar-refractivity contribution in [2.75, 3.05) is 21.3 Å². The SMILES string of the molecule is COC(=O)[C@H]1CC(=O)c2c(cc(OC)cc2OC)C1. The predicted octanol–water partition coefficient (Wildman–Crippen LogP) is 1.62. The van der Waals surface area contributed by atoms with Gasteiger partial charge >= 0.3 is 5.97 Å². The van der Waals surface area contributed by atoms with Gasteiger partial charge < -0.3 is 14.2 Å². The normalized spacial score (nSPS) is 17.6. The first kappa shape index (κ1) is 13.4. The molecule has 0 aliphatic heterocycles. The van der Waals surface area contributed by atoms with E-state index < -0.39 is 5.92 Å². The number of carbonyl (C=O) groups is 2. The molecular weight excluding hydrogens is 248 g/mol. The molecule has 1 aliphatic rings. The number of carbonyl (C=O) groups excluding carboxylic acids is 2. The molecule has 0 radical (unpaired) electrons. The summed E-state index contributed by atoms with van der Waals surface area (Å²) in [7, 11) is 4.38. The third-order valence-corrected chi connectivity index (χ3v) is 3.32. The molecule has 1 atom stereocenters. The van der Waals surface area contributed by atoms with E-state index in [-0.39, 0.29) is 18.2 Å². The van der Waals surface area contributed by atoms with E-state index >= 15 is 0 Å². The predicted molar refractivity (Wildman–Crippen MR) is 67.7 cm³/mol. The molecule has 0 bridgehead atoms. The minimum absolute atomic E-state index is 0.101. The van der Waals surface area contributed by atoms with Crippen LogP contribution in [0.5, 0.6) is 11.5 Å². The van der Waals surface area contributed by atoms with Gasteiger partial charge in [0.05, 0.1) is 32.8 Å². The van der Waals surface area contributed by atoms with E-state index in [0.29, 0.717) is 23.5 Å². The summed E-state index contributed by atoms with van der Waals surface area (Å²) >= 11 is 0. The molecule has 19 heavy (non-hydrogen) atoms. The Morgan fingerprint density at radius 1 is 1.16 bits per heavy atom. The smallest absolute Gasteiger partial charge is 0.309 e. The van der Waals surface area contributed by atoms with Crippen molar-refractivity contribution in [3.8, 4) is 11.5 Å². The first-order chi connectivity index (χ1) is 9.10. The molecule has 0 unspecified atom stereocenters. The Morgan fingerprint density at radius 3 is 2.47 bits per heavy atom. The summed E-state index contributed by atoms with van der Waals surface area (Å²) < 4.78 is 15.1. The Hall–Kier alpha value is -2.04. The first-order valence-electron chi connectivity index (χ1n) is 5.96. The number of fused-ring (bicyclic) bond motifs is 1. The Balaban J connectivity index is 2.46. The third-order valence-electron chi connectivity index (χ3n) is 3.32. The lowest BCUT2D eigenvalue weighted by Gasteiger charge is -2.23. The van der Waals surface area contributed by atoms with E-state index in [0.717, 1.165) is 5.56 Å². The third kappa shape index (κ3) is 2.41. The number of Topliss-reactive ketones (excluding diaryl/α,β-unsaturated/α-hetero) is 1. The molecule has 1 aromatic rings. The first-order valence-corrected chi connectivity index (χ1v) is 5.96. The highest BCUT2D eigenvalue weighted by Gasteiger charge is 2.33. The van der Waals surface area contributed by atoms with Gasteiger partial charge in [0.25, 0.3) is 0 Å². The van der Waals surface area contributed by atoms with Gasteiger partial charge in [0.1, 0.15) is 11.5 Å². The number of ether oxygens (including phenoxy) is 3. The van der Waals surface area contributed by atoms with Gasteiger partial charge in [-0.3, -0.25) is 9.59 Å². The fourth-order valence-electron chi connectivity index (χ4n) is 2.40. The van der Waals surface area contributed by atoms with Gasteiger partial charge in [-0.1, -0.05) is 0 Å². The molecule has 0 heterocycles. The zero-order chi connectivity index (χ0) is 14.0. The second kappa shape index (κ2) is 5.30. The average molecular weight is 264 g/mol. The molecule has 5 heteroatoms. The van der Waals surface area contributed by atoms with Crippen LogP contribution in [0.3, 0.4) is 0 Å². The van der Waals surface area contributed by atoms with Crippen LogP contribution in [0.2, 0.25) is 0 Å². The molecule has 0 amide bonds. The molecular formula is C14H16O5. The van der Waals surface area contributed by atoms with Gasteiger partial charge in [0, 0.05) is 12.5 Å². The molecule has 1 aromatic carbocycles. The van der Waals surface area contributed by atoms with Crippen molar-refractivity contribution in [1.29, 1.82) is 0 Å². The van der Waals surface area contributed by atoms with Crippen molar-refractivity contribution in [3.63, 3.8) is 0 Å². The van der Waals surface area contributed by atoms with Gasteiger partial charge in [0.2, 0.25) is 0 Å². The summed E-state index contributed by atoms with van der Waals surface area (Å²) in [4.78, 5) is 23.8. The lowest BCUT2D eigenvalue weighted by Crippen LogP contribution is -2.27. The number of ketones is 1. The minimum Gasteiger partial charge on any atom is -0.497 e. The zero-order valence-corrected chi connectivity index (χ0v) is 11.2. The van der Waals surface area contributed by atoms with Crippen molar-refractivity contribution >= 4 is 11.8 Å². The van der Waals surface area contributed by atoms with E-state index in [4.69, 9.17) is 14.2 Å². The average Bonchev–Trinajstić information content (AvgIpc) is 2.44. The maximum atomic E-state index is 12.2. The summed E-state index contributed by atoms with van der Waals surface area (Å²) in [6, 6.07) is 3.44. The molecule has 2 rings (SSSR count). The molecule has 1 aliphatic carbocycles. The molecule has 0 saturated carbocycles. The molecule has 0 fully saturated rings. The molecule has 0 spiro atoms. The molecule has 0 N–H and O–H groups in total. The van der Waals surface area contributed by atoms with Crippen molar-refractivity contribution in [2.24, 2.45) is 5.92 Å². The summed E-state index contributed by atoms with van der Waals surface area (Å²) in [5, 5.41) is 0.